The highest BCUT2D eigenvalue weighted by atomic mass is 16.5. The van der Waals surface area contributed by atoms with Crippen molar-refractivity contribution in [1.82, 2.24) is 20.3 Å². The fraction of sp³-hybridized carbons (Fsp3) is 0.190. The van der Waals surface area contributed by atoms with E-state index in [4.69, 9.17) is 5.73 Å². The molecule has 0 aliphatic carbocycles. The van der Waals surface area contributed by atoms with Crippen LogP contribution in [0.4, 0.5) is 5.95 Å². The van der Waals surface area contributed by atoms with Gasteiger partial charge in [-0.15, -0.1) is 0 Å². The third kappa shape index (κ3) is 5.01. The molecule has 1 unspecified atom stereocenters. The number of nitrogens with one attached hydrogen (secondary N) is 3. The number of hydrogen-bond donors (Lipinski definition) is 4. The van der Waals surface area contributed by atoms with Gasteiger partial charge in [0.25, 0.3) is 11.5 Å². The molecule has 32 heavy (non-hydrogen) atoms. The molecule has 0 spiro atoms. The van der Waals surface area contributed by atoms with Crippen molar-refractivity contribution in [1.29, 1.82) is 0 Å². The number of anilines is 1. The standard InChI is InChI=1S/C21H19N5O6/c1-31-15(27)9-14(20(30)32-2)24-18(28)12-6-3-11(4-7-12)5-8-13-10-23-17-16(13)19(29)26-21(22)25-17/h3-4,6-7,10,14H,1-2,5,8-9H2,(H3-2,22,23,24,25,26,28,29)/p+2. The molecule has 0 fully saturated rings. The van der Waals surface area contributed by atoms with Gasteiger partial charge >= 0.3 is 11.9 Å². The van der Waals surface area contributed by atoms with Crippen LogP contribution < -0.4 is 16.6 Å². The number of rotatable bonds is 8. The summed E-state index contributed by atoms with van der Waals surface area (Å²) < 4.78 is 8.63. The number of H-pyrrole nitrogens is 2. The number of aryl methyl sites for hydroxylation is 2. The molecule has 2 heterocycles. The quantitative estimate of drug-likeness (QED) is 0.356. The third-order valence-corrected chi connectivity index (χ3v) is 4.80. The van der Waals surface area contributed by atoms with Gasteiger partial charge in [-0.2, -0.15) is 4.98 Å². The molecular weight excluding hydrogens is 418 g/mol. The number of nitrogens with two attached hydrogens (primary N) is 1. The smallest absolute Gasteiger partial charge is 0.369 e. The maximum Gasteiger partial charge on any atom is 0.602 e. The van der Waals surface area contributed by atoms with E-state index < -0.39 is 30.3 Å². The Kier molecular flexibility index (Phi) is 6.68. The van der Waals surface area contributed by atoms with Crippen molar-refractivity contribution in [3.63, 3.8) is 0 Å². The van der Waals surface area contributed by atoms with Crippen LogP contribution in [0.1, 0.15) is 27.9 Å². The van der Waals surface area contributed by atoms with Crippen LogP contribution in [0.25, 0.3) is 11.0 Å². The zero-order valence-electron chi connectivity index (χ0n) is 17.0. The fourth-order valence-electron chi connectivity index (χ4n) is 3.18. The van der Waals surface area contributed by atoms with E-state index in [1.165, 1.54) is 0 Å². The molecule has 0 bridgehead atoms. The molecule has 1 atom stereocenters. The number of aromatic amines is 2. The molecule has 0 aliphatic rings. The van der Waals surface area contributed by atoms with Gasteiger partial charge in [-0.3, -0.25) is 23.4 Å². The zero-order chi connectivity index (χ0) is 23.3. The van der Waals surface area contributed by atoms with Gasteiger partial charge in [0, 0.05) is 16.6 Å². The van der Waals surface area contributed by atoms with E-state index in [0.29, 0.717) is 23.9 Å². The Hall–Kier alpha value is -4.41. The summed E-state index contributed by atoms with van der Waals surface area (Å²) in [5, 5.41) is 2.87. The number of fused-ring (bicyclic) bond motifs is 1. The van der Waals surface area contributed by atoms with Crippen LogP contribution in [-0.4, -0.2) is 52.4 Å². The van der Waals surface area contributed by atoms with Crippen LogP contribution >= 0.6 is 0 Å². The lowest BCUT2D eigenvalue weighted by Crippen LogP contribution is -2.42. The average molecular weight is 439 g/mol. The summed E-state index contributed by atoms with van der Waals surface area (Å²) in [6.45, 7) is 5.97. The largest absolute Gasteiger partial charge is 0.602 e. The third-order valence-electron chi connectivity index (χ3n) is 4.80. The number of nitrogens with zero attached hydrogens (tertiary/aromatic N) is 1. The molecule has 1 aromatic carbocycles. The molecule has 0 saturated heterocycles. The van der Waals surface area contributed by atoms with Gasteiger partial charge in [0.2, 0.25) is 12.0 Å². The first kappa shape index (κ1) is 22.3. The maximum atomic E-state index is 12.4. The van der Waals surface area contributed by atoms with Crippen molar-refractivity contribution in [3.05, 3.63) is 57.5 Å². The number of carbonyl (C=O) groups excluding carboxylic acids is 5. The lowest BCUT2D eigenvalue weighted by molar-refractivity contribution is -0.379. The molecule has 11 heteroatoms. The molecule has 0 saturated carbocycles. The Morgan fingerprint density at radius 1 is 1.12 bits per heavy atom. The Balaban J connectivity index is 1.67. The molecule has 164 valence electrons. The Morgan fingerprint density at radius 2 is 1.84 bits per heavy atom. The molecular formula is C21H21N5O6+2. The second kappa shape index (κ2) is 9.60. The van der Waals surface area contributed by atoms with Crippen molar-refractivity contribution in [2.75, 3.05) is 5.73 Å². The van der Waals surface area contributed by atoms with E-state index in [-0.39, 0.29) is 17.1 Å². The zero-order valence-corrected chi connectivity index (χ0v) is 17.0. The first-order valence-corrected chi connectivity index (χ1v) is 9.48. The van der Waals surface area contributed by atoms with Crippen molar-refractivity contribution < 1.29 is 23.2 Å². The normalized spacial score (nSPS) is 11.6. The Bertz CT molecular complexity index is 1260. The van der Waals surface area contributed by atoms with E-state index in [2.05, 4.69) is 42.7 Å². The minimum absolute atomic E-state index is 0.0405. The highest BCUT2D eigenvalue weighted by molar-refractivity contribution is 5.97. The SMILES string of the molecule is C=[O+]C(=O)CC(NC(=O)c1ccc(CCc2c[nH]c3nc(N)[nH]c(=O)c23)cc1)C(=O)[O+]=C. The molecule has 0 radical (unpaired) electrons. The number of nitrogen functional groups attached to an aromatic ring is 1. The van der Waals surface area contributed by atoms with Gasteiger partial charge in [0.05, 0.1) is 10.2 Å². The first-order chi connectivity index (χ1) is 15.3. The van der Waals surface area contributed by atoms with Crippen LogP contribution in [0.5, 0.6) is 0 Å². The summed E-state index contributed by atoms with van der Waals surface area (Å²) in [4.78, 5) is 57.2. The minimum atomic E-state index is -1.25. The summed E-state index contributed by atoms with van der Waals surface area (Å²) in [6.07, 6.45) is 2.44. The van der Waals surface area contributed by atoms with Gasteiger partial charge in [0.1, 0.15) is 12.1 Å². The summed E-state index contributed by atoms with van der Waals surface area (Å²) in [5.74, 6) is -2.20. The summed E-state index contributed by atoms with van der Waals surface area (Å²) in [5.41, 5.74) is 7.66. The highest BCUT2D eigenvalue weighted by Gasteiger charge is 2.37. The molecule has 11 nitrogen and oxygen atoms in total. The van der Waals surface area contributed by atoms with Crippen molar-refractivity contribution in [3.8, 4) is 0 Å². The predicted molar refractivity (Wildman–Crippen MR) is 115 cm³/mol. The number of aromatic nitrogens is 3. The molecule has 3 aromatic rings. The molecule has 5 N–H and O–H groups in total. The number of benzene rings is 1. The van der Waals surface area contributed by atoms with Crippen LogP contribution in [-0.2, 0) is 31.3 Å². The van der Waals surface area contributed by atoms with E-state index in [0.717, 1.165) is 11.1 Å². The van der Waals surface area contributed by atoms with E-state index in [1.807, 2.05) is 0 Å². The summed E-state index contributed by atoms with van der Waals surface area (Å²) in [6, 6.07) is 5.42. The van der Waals surface area contributed by atoms with Crippen LogP contribution in [0.3, 0.4) is 0 Å². The van der Waals surface area contributed by atoms with Gasteiger partial charge < -0.3 is 16.0 Å². The molecule has 3 rings (SSSR count). The van der Waals surface area contributed by atoms with Gasteiger partial charge in [-0.1, -0.05) is 12.1 Å². The topological polar surface area (TPSA) is 173 Å². The number of hydrogen-bond acceptors (Lipinski definition) is 6. The van der Waals surface area contributed by atoms with E-state index in [9.17, 15) is 19.2 Å². The maximum absolute atomic E-state index is 12.4. The lowest BCUT2D eigenvalue weighted by Gasteiger charge is -2.08. The lowest BCUT2D eigenvalue weighted by atomic mass is 10.0. The first-order valence-electron chi connectivity index (χ1n) is 9.48. The average Bonchev–Trinajstić information content (AvgIpc) is 3.19. The van der Waals surface area contributed by atoms with Crippen molar-refractivity contribution in [2.45, 2.75) is 25.3 Å². The van der Waals surface area contributed by atoms with Crippen molar-refractivity contribution >= 4 is 48.4 Å². The van der Waals surface area contributed by atoms with Gasteiger partial charge in [0.15, 0.2) is 13.6 Å². The van der Waals surface area contributed by atoms with Crippen molar-refractivity contribution in [2.24, 2.45) is 0 Å². The van der Waals surface area contributed by atoms with Gasteiger partial charge in [-0.05, 0) is 36.1 Å². The second-order valence-electron chi connectivity index (χ2n) is 6.90. The minimum Gasteiger partial charge on any atom is -0.369 e. The summed E-state index contributed by atoms with van der Waals surface area (Å²) >= 11 is 0. The van der Waals surface area contributed by atoms with Crippen LogP contribution in [0.15, 0.2) is 35.3 Å². The molecule has 1 amide bonds. The summed E-state index contributed by atoms with van der Waals surface area (Å²) in [7, 11) is 0. The predicted octanol–water partition coefficient (Wildman–Crippen LogP) is -0.111. The van der Waals surface area contributed by atoms with Crippen LogP contribution in [0, 0.1) is 0 Å². The Labute approximate surface area is 181 Å². The number of carbonyl (C=O) groups is 3. The number of amides is 1. The van der Waals surface area contributed by atoms with E-state index >= 15 is 0 Å². The monoisotopic (exact) mass is 439 g/mol. The van der Waals surface area contributed by atoms with E-state index in [1.54, 1.807) is 30.5 Å². The highest BCUT2D eigenvalue weighted by Crippen LogP contribution is 2.16. The van der Waals surface area contributed by atoms with Gasteiger partial charge in [-0.25, -0.2) is 0 Å². The Morgan fingerprint density at radius 3 is 2.50 bits per heavy atom. The second-order valence-corrected chi connectivity index (χ2v) is 6.90. The fourth-order valence-corrected chi connectivity index (χ4v) is 3.18. The van der Waals surface area contributed by atoms with Crippen LogP contribution in [0.2, 0.25) is 0 Å². The molecule has 2 aromatic heterocycles. The molecule has 0 aliphatic heterocycles.